The van der Waals surface area contributed by atoms with E-state index in [4.69, 9.17) is 84.9 Å². The highest BCUT2D eigenvalue weighted by Gasteiger charge is 2.32. The molecule has 0 aromatic carbocycles. The van der Waals surface area contributed by atoms with Gasteiger partial charge in [0.05, 0.1) is 104 Å². The number of nitrogen functional groups attached to an aromatic ring is 6. The minimum Gasteiger partial charge on any atom is -0.481 e. The summed E-state index contributed by atoms with van der Waals surface area (Å²) in [5.74, 6) is 7.21. The number of furan rings is 1. The second-order valence-corrected chi connectivity index (χ2v) is 39.7. The molecule has 24 heterocycles. The highest BCUT2D eigenvalue weighted by molar-refractivity contribution is 9.11. The molecule has 6 atom stereocenters. The molecule has 704 valence electrons. The quantitative estimate of drug-likeness (QED) is 0.0510. The fourth-order valence-electron chi connectivity index (χ4n) is 18.0. The molecule has 24 rings (SSSR count). The molecule has 0 aliphatic carbocycles. The summed E-state index contributed by atoms with van der Waals surface area (Å²) in [7, 11) is 3.49. The van der Waals surface area contributed by atoms with Gasteiger partial charge in [0.1, 0.15) is 51.0 Å². The molecule has 0 saturated carbocycles. The van der Waals surface area contributed by atoms with Crippen molar-refractivity contribution in [2.45, 2.75) is 100.0 Å². The molecule has 6 fully saturated rings. The molecular formula is C91H101Br5N36O2S2. The molecule has 0 spiro atoms. The third-order valence-electron chi connectivity index (χ3n) is 25.2. The lowest BCUT2D eigenvalue weighted by Gasteiger charge is -2.23. The minimum atomic E-state index is 0.187. The first-order chi connectivity index (χ1) is 66.2. The Morgan fingerprint density at radius 2 is 0.831 bits per heavy atom. The van der Waals surface area contributed by atoms with Crippen LogP contribution in [0.25, 0.3) is 101 Å². The molecule has 4 unspecified atom stereocenters. The number of thiophene rings is 2. The number of fused-ring (bicyclic) bond motifs is 6. The summed E-state index contributed by atoms with van der Waals surface area (Å²) < 4.78 is 26.3. The van der Waals surface area contributed by atoms with E-state index in [1.165, 1.54) is 0 Å². The Bertz CT molecular complexity index is 7100. The number of nitrogens with one attached hydrogen (secondary N) is 4. The van der Waals surface area contributed by atoms with Crippen LogP contribution in [0.15, 0.2) is 178 Å². The standard InChI is InChI=1S/C17H19BrN6O.C16H17BrN6.C15H18BrN7.C15H16BrN5O.C14H15BrN6S.C14H16N6S/c1-25-13-5-4-10(8-21-13)12-9-22-24-16(19)14(18)15(23-17(12)24)11-3-2-6-20-7-11;17-13-14(11-4-2-6-20-8-11)22-16-12(9-21-23(16)15(13)18)10-3-1-5-19-7-10;1-22-8-10(6-19-22)11-7-20-23-14(17)12(16)13(21-15(11)23)9-3-2-4-18-5-9;16-12-13(9-2-1-4-18-6-9)20-15-11(10-3-5-22-8-10)7-19-21(15)14(12)17;15-11-12(17)21-13(10(5-18-21)8-2-4-22-7-8)19-14(11)20-3-1-9(16)6-20;15-10-1-3-19(7-10)13-5-12(16)20-14(18-13)11(6-17-20)9-2-4-21-8-9/h4-5,8-9,11,20H,2-3,6-7,19H2,1H3;1,3,5,7,9,11,20H,2,4,6,8,18H2;6-9,18H,2-5,17H2,1H3;3,5,7-9,18H,1-2,4,6,17H2;2,4-5,7,9H,1,3,6,16-17H2;2,4-6,8,10H,1,3,7,15-16H2/t;;;;9-;10-/m....00/s1. The maximum absolute atomic E-state index is 6.32. The first-order valence-electron chi connectivity index (χ1n) is 44.8. The zero-order valence-electron chi connectivity index (χ0n) is 74.3. The number of nitrogens with zero attached hydrogens (tertiary/aromatic N) is 24. The van der Waals surface area contributed by atoms with Crippen molar-refractivity contribution in [3.05, 3.63) is 196 Å². The highest BCUT2D eigenvalue weighted by Crippen LogP contribution is 2.43. The average molecular weight is 2190 g/mol. The molecule has 0 amide bonds. The van der Waals surface area contributed by atoms with Crippen molar-refractivity contribution < 1.29 is 9.15 Å². The van der Waals surface area contributed by atoms with Crippen LogP contribution in [0.3, 0.4) is 0 Å². The summed E-state index contributed by atoms with van der Waals surface area (Å²) in [6.07, 6.45) is 34.2. The Kier molecular flexibility index (Phi) is 28.3. The summed E-state index contributed by atoms with van der Waals surface area (Å²) in [6, 6.07) is 16.0. The molecule has 0 bridgehead atoms. The van der Waals surface area contributed by atoms with Crippen LogP contribution < -0.4 is 81.7 Å². The van der Waals surface area contributed by atoms with Gasteiger partial charge in [0.15, 0.2) is 33.9 Å². The first-order valence-corrected chi connectivity index (χ1v) is 50.7. The van der Waals surface area contributed by atoms with E-state index in [1.54, 1.807) is 111 Å². The average Bonchev–Trinajstić information content (AvgIpc) is 1.63. The number of anilines is 8. The lowest BCUT2D eigenvalue weighted by molar-refractivity contribution is 0.398. The number of nitrogens with two attached hydrogens (primary N) is 8. The second-order valence-electron chi connectivity index (χ2n) is 34.2. The first kappa shape index (κ1) is 93.3. The van der Waals surface area contributed by atoms with Crippen LogP contribution in [0.2, 0.25) is 0 Å². The molecule has 20 N–H and O–H groups in total. The largest absolute Gasteiger partial charge is 0.481 e. The van der Waals surface area contributed by atoms with Gasteiger partial charge in [0.2, 0.25) is 5.88 Å². The smallest absolute Gasteiger partial charge is 0.212 e. The number of piperidine rings is 4. The number of hydrogen-bond donors (Lipinski definition) is 12. The maximum Gasteiger partial charge on any atom is 0.212 e. The van der Waals surface area contributed by atoms with E-state index in [1.807, 2.05) is 85.2 Å². The summed E-state index contributed by atoms with van der Waals surface area (Å²) in [4.78, 5) is 42.0. The van der Waals surface area contributed by atoms with Crippen molar-refractivity contribution in [3.8, 4) is 72.6 Å². The van der Waals surface area contributed by atoms with Crippen LogP contribution in [0.5, 0.6) is 5.88 Å². The molecule has 6 aliphatic rings. The van der Waals surface area contributed by atoms with Gasteiger partial charge in [-0.1, -0.05) is 6.07 Å². The lowest BCUT2D eigenvalue weighted by atomic mass is 9.96. The monoisotopic (exact) mass is 2190 g/mol. The van der Waals surface area contributed by atoms with E-state index < -0.39 is 0 Å². The summed E-state index contributed by atoms with van der Waals surface area (Å²) >= 11 is 21.3. The SMILES string of the molecule is COc1ccc(-c2cnn3c(N)c(Br)c(C4CCCNC4)nc23)cn1.Cn1cc(-c2cnn3c(N)c(Br)c(C4CCCNC4)nc23)cn1.Nc1c(Br)c(C2CCCNC2)nc2c(-c3cccnc3)cnn12.Nc1c(Br)c(C2CCCNC2)nc2c(-c3ccoc3)cnn12.Nc1c(Br)c(N2CC[C@H](N)C2)nc2c(-c3ccsc3)cnn12.Nc1cc(N2CC[C@H](N)C2)nc2c(-c3ccsc3)cnn12. The zero-order valence-corrected chi connectivity index (χ0v) is 83.9. The van der Waals surface area contributed by atoms with Crippen molar-refractivity contribution in [2.75, 3.05) is 130 Å². The number of rotatable bonds is 13. The minimum absolute atomic E-state index is 0.187. The number of methoxy groups -OCH3 is 1. The van der Waals surface area contributed by atoms with Crippen LogP contribution >= 0.6 is 102 Å². The molecule has 18 aromatic rings. The van der Waals surface area contributed by atoms with Gasteiger partial charge in [0.25, 0.3) is 0 Å². The fraction of sp³-hybridized carbons (Fsp3) is 0.330. The van der Waals surface area contributed by atoms with Crippen molar-refractivity contribution in [1.82, 2.24) is 129 Å². The molecule has 6 aliphatic heterocycles. The van der Waals surface area contributed by atoms with E-state index in [-0.39, 0.29) is 12.1 Å². The van der Waals surface area contributed by atoms with Crippen LogP contribution in [-0.4, -0.2) is 205 Å². The van der Waals surface area contributed by atoms with Crippen LogP contribution in [0.4, 0.5) is 46.5 Å². The Labute approximate surface area is 830 Å². The predicted molar refractivity (Wildman–Crippen MR) is 551 cm³/mol. The Morgan fingerprint density at radius 1 is 0.419 bits per heavy atom. The second kappa shape index (κ2) is 41.3. The molecule has 0 radical (unpaired) electrons. The molecule has 38 nitrogen and oxygen atoms in total. The molecule has 6 saturated heterocycles. The lowest BCUT2D eigenvalue weighted by Crippen LogP contribution is -2.29. The van der Waals surface area contributed by atoms with Gasteiger partial charge in [-0.05, 0) is 233 Å². The van der Waals surface area contributed by atoms with Crippen molar-refractivity contribution >= 4 is 183 Å². The third-order valence-corrected chi connectivity index (χ3v) is 30.6. The van der Waals surface area contributed by atoms with Crippen molar-refractivity contribution in [1.29, 1.82) is 0 Å². The fourth-order valence-corrected chi connectivity index (χ4v) is 22.1. The number of pyridine rings is 2. The Hall–Kier alpha value is -11.7. The number of ether oxygens (including phenoxy) is 1. The van der Waals surface area contributed by atoms with Crippen molar-refractivity contribution in [3.63, 3.8) is 0 Å². The van der Waals surface area contributed by atoms with Gasteiger partial charge in [-0.15, -0.1) is 0 Å². The van der Waals surface area contributed by atoms with Gasteiger partial charge in [-0.25, -0.2) is 34.9 Å². The molecule has 45 heteroatoms. The summed E-state index contributed by atoms with van der Waals surface area (Å²) in [5.41, 5.74) is 70.0. The van der Waals surface area contributed by atoms with E-state index in [9.17, 15) is 0 Å². The Morgan fingerprint density at radius 3 is 1.20 bits per heavy atom. The van der Waals surface area contributed by atoms with Crippen LogP contribution in [0.1, 0.15) is 111 Å². The van der Waals surface area contributed by atoms with Gasteiger partial charge >= 0.3 is 0 Å². The normalized spacial score (nSPS) is 18.4. The predicted octanol–water partition coefficient (Wildman–Crippen LogP) is 13.9. The van der Waals surface area contributed by atoms with Gasteiger partial charge in [-0.2, -0.15) is 85.5 Å². The number of hydrogen-bond acceptors (Lipinski definition) is 33. The Balaban J connectivity index is 0.000000105. The zero-order chi connectivity index (χ0) is 93.9. The topological polar surface area (TPSA) is 510 Å². The van der Waals surface area contributed by atoms with Gasteiger partial charge < -0.3 is 86.1 Å². The number of aromatic nitrogens is 22. The van der Waals surface area contributed by atoms with Crippen LogP contribution in [0, 0.1) is 0 Å². The summed E-state index contributed by atoms with van der Waals surface area (Å²) in [6.45, 7) is 11.4. The molecule has 18 aromatic heterocycles. The van der Waals surface area contributed by atoms with E-state index >= 15 is 0 Å². The number of aryl methyl sites for hydroxylation is 1. The van der Waals surface area contributed by atoms with Crippen LogP contribution in [-0.2, 0) is 7.05 Å². The third kappa shape index (κ3) is 19.2. The van der Waals surface area contributed by atoms with E-state index in [2.05, 4.69) is 179 Å². The molecular weight excluding hydrogens is 2090 g/mol. The number of halogens is 5. The summed E-state index contributed by atoms with van der Waals surface area (Å²) in [5, 5.41) is 52.5. The maximum atomic E-state index is 6.32. The van der Waals surface area contributed by atoms with Crippen molar-refractivity contribution in [2.24, 2.45) is 18.5 Å². The molecule has 136 heavy (non-hydrogen) atoms. The highest BCUT2D eigenvalue weighted by atomic mass is 79.9. The van der Waals surface area contributed by atoms with Gasteiger partial charge in [-0.3, -0.25) is 9.67 Å². The van der Waals surface area contributed by atoms with Gasteiger partial charge in [0, 0.05) is 188 Å². The van der Waals surface area contributed by atoms with E-state index in [0.29, 0.717) is 64.5 Å². The van der Waals surface area contributed by atoms with E-state index in [0.717, 1.165) is 300 Å².